The average molecular weight is 553 g/mol. The van der Waals surface area contributed by atoms with Crippen LogP contribution in [0.1, 0.15) is 96.3 Å². The molecule has 0 saturated heterocycles. The van der Waals surface area contributed by atoms with Gasteiger partial charge in [-0.1, -0.05) is 27.7 Å². The van der Waals surface area contributed by atoms with Crippen LogP contribution in [0.15, 0.2) is 18.2 Å². The Bertz CT molecular complexity index is 1180. The Labute approximate surface area is 241 Å². The molecular formula is C34H52N2O4. The number of hydrogen-bond acceptors (Lipinski definition) is 6. The molecular weight excluding hydrogens is 500 g/mol. The molecule has 6 heteroatoms. The Balaban J connectivity index is 1.32. The van der Waals surface area contributed by atoms with Crippen LogP contribution in [0.3, 0.4) is 0 Å². The van der Waals surface area contributed by atoms with Gasteiger partial charge in [0.2, 0.25) is 0 Å². The molecule has 10 atom stereocenters. The minimum absolute atomic E-state index is 0.0373. The van der Waals surface area contributed by atoms with Gasteiger partial charge in [0.25, 0.3) is 0 Å². The number of esters is 1. The number of aromatic hydroxyl groups is 1. The summed E-state index contributed by atoms with van der Waals surface area (Å²) in [5, 5.41) is 17.5. The molecule has 40 heavy (non-hydrogen) atoms. The summed E-state index contributed by atoms with van der Waals surface area (Å²) in [6.45, 7) is 12.4. The van der Waals surface area contributed by atoms with Crippen molar-refractivity contribution in [2.75, 3.05) is 21.2 Å². The van der Waals surface area contributed by atoms with Gasteiger partial charge in [0.05, 0.1) is 12.7 Å². The zero-order valence-corrected chi connectivity index (χ0v) is 26.0. The third kappa shape index (κ3) is 3.44. The molecule has 3 N–H and O–H groups in total. The van der Waals surface area contributed by atoms with Crippen molar-refractivity contribution in [1.29, 1.82) is 0 Å². The maximum atomic E-state index is 13.5. The molecule has 6 nitrogen and oxygen atoms in total. The first-order chi connectivity index (χ1) is 18.8. The maximum Gasteiger partial charge on any atom is 0.338 e. The summed E-state index contributed by atoms with van der Waals surface area (Å²) >= 11 is 0. The van der Waals surface area contributed by atoms with E-state index in [1.165, 1.54) is 58.1 Å². The van der Waals surface area contributed by atoms with E-state index in [2.05, 4.69) is 52.3 Å². The molecule has 0 aromatic heterocycles. The standard InChI is InChI=1S/C34H52N2O4/c1-20(35-6)28-24(40-29(38)21-9-10-23(39-8)22(37)17-21)18-32(5)26-12-11-25-30(2,3)27(36-7)13-14-33(25)19-34(26,33)16-15-31(28,32)4/h9-10,17,20,24-28,35-37H,11-16,18-19H2,1-8H3/t20-,24-,25+,26-,27+,28+,31-,32+,33-,34+/m1/s1. The largest absolute Gasteiger partial charge is 0.504 e. The van der Waals surface area contributed by atoms with Crippen LogP contribution in [0.2, 0.25) is 0 Å². The number of fused-ring (bicyclic) bond motifs is 2. The molecule has 5 aliphatic carbocycles. The van der Waals surface area contributed by atoms with Gasteiger partial charge in [-0.25, -0.2) is 4.79 Å². The number of hydrogen-bond donors (Lipinski definition) is 3. The van der Waals surface area contributed by atoms with Crippen molar-refractivity contribution in [2.45, 2.75) is 104 Å². The second-order valence-corrected chi connectivity index (χ2v) is 15.3. The lowest BCUT2D eigenvalue weighted by Crippen LogP contribution is -2.59. The van der Waals surface area contributed by atoms with Crippen LogP contribution in [-0.2, 0) is 4.74 Å². The number of benzene rings is 1. The Kier molecular flexibility index (Phi) is 6.45. The fourth-order valence-corrected chi connectivity index (χ4v) is 12.1. The van der Waals surface area contributed by atoms with E-state index in [4.69, 9.17) is 9.47 Å². The van der Waals surface area contributed by atoms with Crippen LogP contribution in [0.4, 0.5) is 0 Å². The number of nitrogens with one attached hydrogen (secondary N) is 2. The van der Waals surface area contributed by atoms with Gasteiger partial charge in [0.15, 0.2) is 11.5 Å². The monoisotopic (exact) mass is 552 g/mol. The first kappa shape index (κ1) is 28.3. The highest BCUT2D eigenvalue weighted by molar-refractivity contribution is 5.90. The summed E-state index contributed by atoms with van der Waals surface area (Å²) in [5.74, 6) is 1.67. The van der Waals surface area contributed by atoms with Crippen LogP contribution in [0, 0.1) is 44.8 Å². The molecule has 0 bridgehead atoms. The van der Waals surface area contributed by atoms with Crippen molar-refractivity contribution in [1.82, 2.24) is 10.6 Å². The van der Waals surface area contributed by atoms with Gasteiger partial charge >= 0.3 is 5.97 Å². The Morgan fingerprint density at radius 2 is 1.70 bits per heavy atom. The number of rotatable bonds is 6. The molecule has 2 spiro atoms. The molecule has 5 aliphatic rings. The van der Waals surface area contributed by atoms with Crippen molar-refractivity contribution in [2.24, 2.45) is 44.8 Å². The summed E-state index contributed by atoms with van der Waals surface area (Å²) in [4.78, 5) is 13.5. The highest BCUT2D eigenvalue weighted by Gasteiger charge is 2.83. The lowest BCUT2D eigenvalue weighted by atomic mass is 9.42. The third-order valence-electron chi connectivity index (χ3n) is 14.2. The number of carbonyl (C=O) groups is 1. The minimum atomic E-state index is -0.351. The predicted octanol–water partition coefficient (Wildman–Crippen LogP) is 6.17. The molecule has 222 valence electrons. The van der Waals surface area contributed by atoms with E-state index in [1.807, 2.05) is 7.05 Å². The fraction of sp³-hybridized carbons (Fsp3) is 0.794. The third-order valence-corrected chi connectivity index (χ3v) is 14.2. The summed E-state index contributed by atoms with van der Waals surface area (Å²) < 4.78 is 11.6. The zero-order valence-electron chi connectivity index (χ0n) is 26.0. The van der Waals surface area contributed by atoms with Gasteiger partial charge in [-0.3, -0.25) is 0 Å². The van der Waals surface area contributed by atoms with Crippen molar-refractivity contribution in [3.8, 4) is 11.5 Å². The molecule has 0 amide bonds. The zero-order chi connectivity index (χ0) is 28.9. The van der Waals surface area contributed by atoms with E-state index in [-0.39, 0.29) is 40.6 Å². The van der Waals surface area contributed by atoms with Crippen molar-refractivity contribution in [3.63, 3.8) is 0 Å². The van der Waals surface area contributed by atoms with E-state index >= 15 is 0 Å². The molecule has 5 saturated carbocycles. The normalized spacial score (nSPS) is 45.4. The lowest BCUT2D eigenvalue weighted by molar-refractivity contribution is -0.144. The number of methoxy groups -OCH3 is 1. The van der Waals surface area contributed by atoms with E-state index in [9.17, 15) is 9.90 Å². The van der Waals surface area contributed by atoms with E-state index in [1.54, 1.807) is 12.1 Å². The predicted molar refractivity (Wildman–Crippen MR) is 157 cm³/mol. The van der Waals surface area contributed by atoms with Gasteiger partial charge in [-0.05, 0) is 129 Å². The molecule has 1 aromatic rings. The number of phenolic OH excluding ortho intramolecular Hbond substituents is 1. The van der Waals surface area contributed by atoms with Crippen molar-refractivity contribution < 1.29 is 19.4 Å². The van der Waals surface area contributed by atoms with E-state index in [0.29, 0.717) is 39.5 Å². The smallest absolute Gasteiger partial charge is 0.338 e. The maximum absolute atomic E-state index is 13.5. The highest BCUT2D eigenvalue weighted by Crippen LogP contribution is 2.89. The highest BCUT2D eigenvalue weighted by atomic mass is 16.5. The second-order valence-electron chi connectivity index (χ2n) is 15.3. The number of ether oxygens (including phenoxy) is 2. The van der Waals surface area contributed by atoms with Gasteiger partial charge in [0.1, 0.15) is 6.10 Å². The average Bonchev–Trinajstić information content (AvgIpc) is 3.52. The molecule has 5 fully saturated rings. The van der Waals surface area contributed by atoms with Crippen molar-refractivity contribution >= 4 is 5.97 Å². The fourth-order valence-electron chi connectivity index (χ4n) is 12.1. The molecule has 0 radical (unpaired) electrons. The quantitative estimate of drug-likeness (QED) is 0.366. The molecule has 1 aromatic carbocycles. The number of phenols is 1. The molecule has 0 unspecified atom stereocenters. The SMILES string of the molecule is CN[C@H]1CC[C@]23C[C@]24CC[C@]2(C)[C@@H]([C@@H](C)NC)[C@H](OC(=O)c5ccc(OC)c(O)c5)C[C@@]2(C)[C@H]4CC[C@H]3C1(C)C. The van der Waals surface area contributed by atoms with Crippen LogP contribution in [-0.4, -0.2) is 50.5 Å². The van der Waals surface area contributed by atoms with Gasteiger partial charge in [-0.2, -0.15) is 0 Å². The van der Waals surface area contributed by atoms with Crippen LogP contribution in [0.5, 0.6) is 11.5 Å². The molecule has 0 aliphatic heterocycles. The topological polar surface area (TPSA) is 79.8 Å². The molecule has 6 rings (SSSR count). The Morgan fingerprint density at radius 3 is 2.35 bits per heavy atom. The second kappa shape index (κ2) is 9.10. The number of carbonyl (C=O) groups excluding carboxylic acids is 1. The van der Waals surface area contributed by atoms with E-state index < -0.39 is 0 Å². The van der Waals surface area contributed by atoms with E-state index in [0.717, 1.165) is 12.3 Å². The summed E-state index contributed by atoms with van der Waals surface area (Å²) in [6, 6.07) is 5.63. The first-order valence-corrected chi connectivity index (χ1v) is 15.8. The summed E-state index contributed by atoms with van der Waals surface area (Å²) in [5.41, 5.74) is 1.86. The van der Waals surface area contributed by atoms with Gasteiger partial charge in [0, 0.05) is 18.0 Å². The Morgan fingerprint density at radius 1 is 1.00 bits per heavy atom. The Hall–Kier alpha value is -1.79. The minimum Gasteiger partial charge on any atom is -0.504 e. The van der Waals surface area contributed by atoms with Crippen LogP contribution < -0.4 is 15.4 Å². The molecule has 0 heterocycles. The van der Waals surface area contributed by atoms with Crippen molar-refractivity contribution in [3.05, 3.63) is 23.8 Å². The van der Waals surface area contributed by atoms with Gasteiger partial charge in [-0.15, -0.1) is 0 Å². The van der Waals surface area contributed by atoms with Crippen LogP contribution >= 0.6 is 0 Å². The van der Waals surface area contributed by atoms with Crippen LogP contribution in [0.25, 0.3) is 0 Å². The lowest BCUT2D eigenvalue weighted by Gasteiger charge is -2.63. The van der Waals surface area contributed by atoms with Gasteiger partial charge < -0.3 is 25.2 Å². The summed E-state index contributed by atoms with van der Waals surface area (Å²) in [6.07, 6.45) is 9.97. The first-order valence-electron chi connectivity index (χ1n) is 15.8. The summed E-state index contributed by atoms with van der Waals surface area (Å²) in [7, 11) is 5.70.